The largest absolute Gasteiger partial charge is 0.806 e. The standard InChI is InChI=1S/C29H38NO7.C8H16NO.Au.Pd/c1-28(2,3)26(31)36-21-14-17-12-19-23-16(10-11-30(19,7)33)13-22(37-27(32)29(4,5)6)25(35-9)24(23)18(17)15-20(21)34-8;1-3-7(2)9-6-4-5-8(9)10;;/h13-15,19,33H,10-12H2,1-9H3;7-8H,3-6H2,1-2H3;;/q+1;-1;;/p+1/t19-,30?;;;/m0.../s1. The molecule has 4 unspecified atom stereocenters. The maximum absolute atomic E-state index is 12.8. The van der Waals surface area contributed by atoms with Gasteiger partial charge in [0.2, 0.25) is 0 Å². The molecule has 0 aromatic heterocycles. The third-order valence-electron chi connectivity index (χ3n) is 9.71. The Kier molecular flexibility index (Phi) is 14.8. The van der Waals surface area contributed by atoms with Crippen LogP contribution in [0.15, 0.2) is 18.2 Å². The molecule has 2 aromatic rings. The van der Waals surface area contributed by atoms with Crippen LogP contribution in [0.3, 0.4) is 0 Å². The molecule has 1 aliphatic carbocycles. The van der Waals surface area contributed by atoms with Crippen LogP contribution in [-0.2, 0) is 65.2 Å². The maximum Gasteiger partial charge on any atom is 0.316 e. The number of benzene rings is 2. The number of hydroxylamine groups is 3. The van der Waals surface area contributed by atoms with Crippen molar-refractivity contribution in [3.8, 4) is 34.1 Å². The SMILES string of the molecule is CCC(C)[NH+]1CCCC1[O-].COc1cc2c(cc1OC(=O)C(C)(C)C)C[C@H]1c3c(cc(OC(=O)C(C)(C)C)c(OC)c3-2)CC[N+]1(C)O.[Au].[Pd]. The van der Waals surface area contributed by atoms with Crippen molar-refractivity contribution in [3.05, 3.63) is 34.9 Å². The number of likely N-dealkylation sites (N-methyl/N-ethyl adjacent to an activating group) is 1. The Bertz CT molecular complexity index is 1500. The van der Waals surface area contributed by atoms with Gasteiger partial charge in [0, 0.05) is 79.4 Å². The minimum Gasteiger partial charge on any atom is -0.806 e. The monoisotopic (exact) mass is 958 g/mol. The van der Waals surface area contributed by atoms with Gasteiger partial charge < -0.3 is 29.0 Å². The smallest absolute Gasteiger partial charge is 0.316 e. The molecule has 1 radical (unpaired) electrons. The molecule has 281 valence electrons. The van der Waals surface area contributed by atoms with Crippen molar-refractivity contribution >= 4 is 11.9 Å². The number of carbonyl (C=O) groups is 2. The van der Waals surface area contributed by atoms with E-state index < -0.39 is 10.8 Å². The van der Waals surface area contributed by atoms with E-state index in [-0.39, 0.29) is 71.7 Å². The van der Waals surface area contributed by atoms with Gasteiger partial charge in [-0.1, -0.05) is 6.92 Å². The van der Waals surface area contributed by atoms with Gasteiger partial charge in [0.05, 0.1) is 44.7 Å². The number of nitrogens with one attached hydrogen (secondary N) is 1. The van der Waals surface area contributed by atoms with Gasteiger partial charge in [0.1, 0.15) is 12.6 Å². The number of methoxy groups -OCH3 is 2. The molecule has 2 N–H and O–H groups in total. The first-order valence-corrected chi connectivity index (χ1v) is 16.8. The fraction of sp³-hybridized carbons (Fsp3) is 0.622. The van der Waals surface area contributed by atoms with E-state index in [1.54, 1.807) is 55.7 Å². The predicted octanol–water partition coefficient (Wildman–Crippen LogP) is 4.41. The summed E-state index contributed by atoms with van der Waals surface area (Å²) in [6, 6.07) is 5.81. The first-order chi connectivity index (χ1) is 21.8. The van der Waals surface area contributed by atoms with Crippen molar-refractivity contribution in [1.82, 2.24) is 0 Å². The second kappa shape index (κ2) is 16.7. The Morgan fingerprint density at radius 1 is 0.980 bits per heavy atom. The first-order valence-electron chi connectivity index (χ1n) is 16.8. The van der Waals surface area contributed by atoms with Crippen LogP contribution in [0.25, 0.3) is 11.1 Å². The van der Waals surface area contributed by atoms with Crippen LogP contribution >= 0.6 is 0 Å². The molecule has 0 saturated carbocycles. The summed E-state index contributed by atoms with van der Waals surface area (Å²) in [5, 5.41) is 22.6. The predicted molar refractivity (Wildman–Crippen MR) is 177 cm³/mol. The van der Waals surface area contributed by atoms with E-state index in [1.165, 1.54) is 12.0 Å². The number of ether oxygens (including phenoxy) is 4. The average molecular weight is 959 g/mol. The van der Waals surface area contributed by atoms with Gasteiger partial charge in [-0.05, 0) is 96.2 Å². The Labute approximate surface area is 321 Å². The molecule has 49 heavy (non-hydrogen) atoms. The summed E-state index contributed by atoms with van der Waals surface area (Å²) in [5.74, 6) is 0.747. The number of nitrogens with zero attached hydrogens (tertiary/aromatic N) is 1. The maximum atomic E-state index is 12.8. The molecule has 2 heterocycles. The van der Waals surface area contributed by atoms with Crippen LogP contribution in [0.1, 0.15) is 97.4 Å². The molecular formula is C37H55AuN2O8Pd+. The molecule has 5 rings (SSSR count). The van der Waals surface area contributed by atoms with Gasteiger partial charge in [-0.2, -0.15) is 4.65 Å². The van der Waals surface area contributed by atoms with Gasteiger partial charge in [-0.15, -0.1) is 0 Å². The zero-order chi connectivity index (χ0) is 35.1. The van der Waals surface area contributed by atoms with E-state index in [0.29, 0.717) is 48.4 Å². The van der Waals surface area contributed by atoms with Gasteiger partial charge in [0.25, 0.3) is 0 Å². The second-order valence-electron chi connectivity index (χ2n) is 15.5. The van der Waals surface area contributed by atoms with Crippen molar-refractivity contribution < 1.29 is 91.2 Å². The Hall–Kier alpha value is -1.78. The molecule has 10 nitrogen and oxygen atoms in total. The van der Waals surface area contributed by atoms with Crippen LogP contribution in [0.2, 0.25) is 0 Å². The van der Waals surface area contributed by atoms with Crippen molar-refractivity contribution in [2.45, 2.75) is 106 Å². The minimum atomic E-state index is -0.700. The van der Waals surface area contributed by atoms with E-state index in [9.17, 15) is 19.9 Å². The van der Waals surface area contributed by atoms with Gasteiger partial charge in [0.15, 0.2) is 23.0 Å². The molecule has 12 heteroatoms. The zero-order valence-corrected chi connectivity index (χ0v) is 34.5. The summed E-state index contributed by atoms with van der Waals surface area (Å²) in [7, 11) is 4.87. The normalized spacial score (nSPS) is 22.8. The van der Waals surface area contributed by atoms with E-state index in [0.717, 1.165) is 53.6 Å². The van der Waals surface area contributed by atoms with Crippen LogP contribution < -0.4 is 29.0 Å². The molecule has 0 amide bonds. The number of hydrogen-bond acceptors (Lipinski definition) is 8. The van der Waals surface area contributed by atoms with E-state index in [1.807, 2.05) is 18.2 Å². The van der Waals surface area contributed by atoms with Gasteiger partial charge in [-0.3, -0.25) is 9.59 Å². The van der Waals surface area contributed by atoms with E-state index >= 15 is 0 Å². The van der Waals surface area contributed by atoms with Crippen LogP contribution in [-0.4, -0.2) is 68.4 Å². The molecule has 5 atom stereocenters. The van der Waals surface area contributed by atoms with Crippen LogP contribution in [0, 0.1) is 10.8 Å². The average Bonchev–Trinajstić information content (AvgIpc) is 3.43. The second-order valence-corrected chi connectivity index (χ2v) is 15.5. The number of hydrogen-bond donors (Lipinski definition) is 2. The van der Waals surface area contributed by atoms with E-state index in [2.05, 4.69) is 13.8 Å². The number of rotatable bonds is 6. The van der Waals surface area contributed by atoms with Crippen LogP contribution in [0.4, 0.5) is 0 Å². The minimum absolute atomic E-state index is 0. The number of fused-ring (bicyclic) bond motifs is 2. The quantitative estimate of drug-likeness (QED) is 0.190. The number of quaternary nitrogens is 2. The number of esters is 2. The Morgan fingerprint density at radius 3 is 2.04 bits per heavy atom. The van der Waals surface area contributed by atoms with Crippen molar-refractivity contribution in [3.63, 3.8) is 0 Å². The molecule has 1 fully saturated rings. The molecular weight excluding hydrogens is 904 g/mol. The number of likely N-dealkylation sites (tertiary alicyclic amines) is 1. The molecule has 0 spiro atoms. The molecule has 2 aliphatic heterocycles. The Balaban J connectivity index is 0.000000598. The number of carbonyl (C=O) groups excluding carboxylic acids is 2. The summed E-state index contributed by atoms with van der Waals surface area (Å²) in [6.45, 7) is 16.7. The van der Waals surface area contributed by atoms with Gasteiger partial charge >= 0.3 is 11.9 Å². The summed E-state index contributed by atoms with van der Waals surface area (Å²) in [6.07, 6.45) is 3.97. The Morgan fingerprint density at radius 2 is 1.55 bits per heavy atom. The van der Waals surface area contributed by atoms with Crippen molar-refractivity contribution in [2.75, 3.05) is 34.4 Å². The fourth-order valence-corrected chi connectivity index (χ4v) is 6.54. The summed E-state index contributed by atoms with van der Waals surface area (Å²) in [5.41, 5.74) is 3.04. The summed E-state index contributed by atoms with van der Waals surface area (Å²) < 4.78 is 22.9. The molecule has 3 aliphatic rings. The van der Waals surface area contributed by atoms with Crippen molar-refractivity contribution in [2.24, 2.45) is 10.8 Å². The van der Waals surface area contributed by atoms with Crippen molar-refractivity contribution in [1.29, 1.82) is 0 Å². The molecule has 2 aromatic carbocycles. The van der Waals surface area contributed by atoms with E-state index in [4.69, 9.17) is 18.9 Å². The van der Waals surface area contributed by atoms with Crippen LogP contribution in [0.5, 0.6) is 23.0 Å². The molecule has 0 bridgehead atoms. The summed E-state index contributed by atoms with van der Waals surface area (Å²) in [4.78, 5) is 26.8. The first kappa shape index (κ1) is 43.4. The topological polar surface area (TPSA) is 119 Å². The van der Waals surface area contributed by atoms with Gasteiger partial charge in [-0.25, -0.2) is 5.21 Å². The zero-order valence-electron chi connectivity index (χ0n) is 30.8. The third-order valence-corrected chi connectivity index (χ3v) is 9.71. The molecule has 1 saturated heterocycles. The fourth-order valence-electron chi connectivity index (χ4n) is 6.54. The third kappa shape index (κ3) is 9.37. The summed E-state index contributed by atoms with van der Waals surface area (Å²) >= 11 is 0.